The predicted molar refractivity (Wildman–Crippen MR) is 55.3 cm³/mol. The van der Waals surface area contributed by atoms with Gasteiger partial charge in [-0.25, -0.2) is 8.42 Å². The molecule has 0 bridgehead atoms. The van der Waals surface area contributed by atoms with E-state index in [9.17, 15) is 18.0 Å². The second-order valence-corrected chi connectivity index (χ2v) is 4.44. The molecule has 0 unspecified atom stereocenters. The van der Waals surface area contributed by atoms with Crippen molar-refractivity contribution in [1.29, 1.82) is 0 Å². The van der Waals surface area contributed by atoms with Crippen LogP contribution < -0.4 is 10.6 Å². The van der Waals surface area contributed by atoms with Crippen LogP contribution in [0.25, 0.3) is 0 Å². The van der Waals surface area contributed by atoms with Crippen molar-refractivity contribution in [3.8, 4) is 0 Å². The summed E-state index contributed by atoms with van der Waals surface area (Å²) in [5.41, 5.74) is 0. The average molecular weight is 232 g/mol. The first-order chi connectivity index (χ1) is 6.91. The summed E-state index contributed by atoms with van der Waals surface area (Å²) >= 11 is 0. The van der Waals surface area contributed by atoms with Gasteiger partial charge in [0.2, 0.25) is 11.8 Å². The van der Waals surface area contributed by atoms with Crippen LogP contribution in [0.3, 0.4) is 0 Å². The van der Waals surface area contributed by atoms with Gasteiger partial charge in [-0.1, -0.05) is 13.2 Å². The number of carbonyl (C=O) groups is 2. The standard InChI is InChI=1S/C8H12N2O4S/c1-3-7(11)9-6-10-8(12)5-15(13,14)4-2/h3-4H,1-2,5-6H2,(H,9,11)(H,10,12). The van der Waals surface area contributed by atoms with Crippen LogP contribution in [0.1, 0.15) is 0 Å². The smallest absolute Gasteiger partial charge is 0.244 e. The lowest BCUT2D eigenvalue weighted by Gasteiger charge is -2.04. The monoisotopic (exact) mass is 232 g/mol. The largest absolute Gasteiger partial charge is 0.338 e. The molecule has 0 fully saturated rings. The van der Waals surface area contributed by atoms with Crippen LogP contribution in [-0.2, 0) is 19.4 Å². The molecule has 0 aromatic rings. The third kappa shape index (κ3) is 6.44. The lowest BCUT2D eigenvalue weighted by atomic mass is 10.6. The fourth-order valence-corrected chi connectivity index (χ4v) is 1.18. The minimum atomic E-state index is -3.56. The molecular formula is C8H12N2O4S. The molecule has 0 heterocycles. The van der Waals surface area contributed by atoms with Gasteiger partial charge < -0.3 is 10.6 Å². The minimum Gasteiger partial charge on any atom is -0.338 e. The fraction of sp³-hybridized carbons (Fsp3) is 0.250. The van der Waals surface area contributed by atoms with Crippen LogP contribution in [0.15, 0.2) is 24.6 Å². The van der Waals surface area contributed by atoms with Gasteiger partial charge in [0.1, 0.15) is 5.75 Å². The summed E-state index contributed by atoms with van der Waals surface area (Å²) in [7, 11) is -3.56. The van der Waals surface area contributed by atoms with Crippen molar-refractivity contribution in [3.63, 3.8) is 0 Å². The van der Waals surface area contributed by atoms with Gasteiger partial charge in [0, 0.05) is 5.41 Å². The van der Waals surface area contributed by atoms with Crippen molar-refractivity contribution in [2.24, 2.45) is 0 Å². The lowest BCUT2D eigenvalue weighted by molar-refractivity contribution is -0.119. The van der Waals surface area contributed by atoms with E-state index in [-0.39, 0.29) is 6.67 Å². The quantitative estimate of drug-likeness (QED) is 0.450. The number of carbonyl (C=O) groups excluding carboxylic acids is 2. The van der Waals surface area contributed by atoms with Gasteiger partial charge in [0.15, 0.2) is 9.84 Å². The minimum absolute atomic E-state index is 0.143. The molecule has 0 rings (SSSR count). The Hall–Kier alpha value is -1.63. The summed E-state index contributed by atoms with van der Waals surface area (Å²) in [4.78, 5) is 21.6. The molecule has 7 heteroatoms. The Balaban J connectivity index is 3.91. The maximum atomic E-state index is 11.0. The van der Waals surface area contributed by atoms with Gasteiger partial charge in [0.25, 0.3) is 0 Å². The normalized spacial score (nSPS) is 10.1. The predicted octanol–water partition coefficient (Wildman–Crippen LogP) is -1.08. The summed E-state index contributed by atoms with van der Waals surface area (Å²) in [5.74, 6) is -1.85. The van der Waals surface area contributed by atoms with Crippen LogP contribution in [0.4, 0.5) is 0 Å². The second kappa shape index (κ2) is 5.97. The molecule has 0 saturated heterocycles. The van der Waals surface area contributed by atoms with Crippen molar-refractivity contribution in [2.45, 2.75) is 0 Å². The van der Waals surface area contributed by atoms with Crippen molar-refractivity contribution in [1.82, 2.24) is 10.6 Å². The Kier molecular flexibility index (Phi) is 5.32. The molecule has 0 aromatic heterocycles. The Morgan fingerprint density at radius 2 is 1.80 bits per heavy atom. The van der Waals surface area contributed by atoms with E-state index in [0.29, 0.717) is 5.41 Å². The molecule has 0 spiro atoms. The molecule has 0 radical (unpaired) electrons. The molecule has 15 heavy (non-hydrogen) atoms. The van der Waals surface area contributed by atoms with Gasteiger partial charge in [-0.05, 0) is 6.08 Å². The topological polar surface area (TPSA) is 92.3 Å². The zero-order valence-electron chi connectivity index (χ0n) is 8.02. The Morgan fingerprint density at radius 3 is 2.27 bits per heavy atom. The SMILES string of the molecule is C=CC(=O)NCNC(=O)CS(=O)(=O)C=C. The first-order valence-electron chi connectivity index (χ1n) is 3.93. The summed E-state index contributed by atoms with van der Waals surface area (Å²) in [6.07, 6.45) is 1.03. The van der Waals surface area contributed by atoms with Crippen LogP contribution in [0.2, 0.25) is 0 Å². The Bertz CT molecular complexity index is 372. The maximum Gasteiger partial charge on any atom is 0.244 e. The van der Waals surface area contributed by atoms with Gasteiger partial charge in [0.05, 0.1) is 6.67 Å². The fourth-order valence-electron chi connectivity index (χ4n) is 0.595. The molecule has 84 valence electrons. The number of amides is 2. The molecular weight excluding hydrogens is 220 g/mol. The summed E-state index contributed by atoms with van der Waals surface area (Å²) in [6, 6.07) is 0. The molecule has 0 atom stereocenters. The Labute approximate surface area is 88.0 Å². The van der Waals surface area contributed by atoms with E-state index in [0.717, 1.165) is 6.08 Å². The van der Waals surface area contributed by atoms with Gasteiger partial charge in [-0.15, -0.1) is 0 Å². The van der Waals surface area contributed by atoms with Crippen LogP contribution in [0, 0.1) is 0 Å². The first-order valence-corrected chi connectivity index (χ1v) is 5.65. The molecule has 0 aliphatic carbocycles. The van der Waals surface area contributed by atoms with Crippen molar-refractivity contribution in [3.05, 3.63) is 24.6 Å². The summed E-state index contributed by atoms with van der Waals surface area (Å²) < 4.78 is 21.8. The Morgan fingerprint density at radius 1 is 1.20 bits per heavy atom. The highest BCUT2D eigenvalue weighted by molar-refractivity contribution is 7.94. The van der Waals surface area contributed by atoms with Gasteiger partial charge in [-0.3, -0.25) is 9.59 Å². The molecule has 2 amide bonds. The van der Waals surface area contributed by atoms with Crippen LogP contribution >= 0.6 is 0 Å². The zero-order chi connectivity index (χ0) is 11.9. The highest BCUT2D eigenvalue weighted by atomic mass is 32.2. The van der Waals surface area contributed by atoms with E-state index in [4.69, 9.17) is 0 Å². The van der Waals surface area contributed by atoms with E-state index in [2.05, 4.69) is 23.8 Å². The second-order valence-electron chi connectivity index (χ2n) is 2.50. The summed E-state index contributed by atoms with van der Waals surface area (Å²) in [6.45, 7) is 6.11. The van der Waals surface area contributed by atoms with E-state index < -0.39 is 27.4 Å². The van der Waals surface area contributed by atoms with E-state index >= 15 is 0 Å². The number of rotatable bonds is 6. The highest BCUT2D eigenvalue weighted by Gasteiger charge is 2.11. The van der Waals surface area contributed by atoms with Gasteiger partial charge >= 0.3 is 0 Å². The van der Waals surface area contributed by atoms with Crippen molar-refractivity contribution in [2.75, 3.05) is 12.4 Å². The molecule has 0 saturated carbocycles. The molecule has 0 aliphatic heterocycles. The third-order valence-electron chi connectivity index (χ3n) is 1.32. The molecule has 2 N–H and O–H groups in total. The highest BCUT2D eigenvalue weighted by Crippen LogP contribution is 1.88. The van der Waals surface area contributed by atoms with Crippen LogP contribution in [0.5, 0.6) is 0 Å². The van der Waals surface area contributed by atoms with Gasteiger partial charge in [-0.2, -0.15) is 0 Å². The number of sulfone groups is 1. The molecule has 6 nitrogen and oxygen atoms in total. The maximum absolute atomic E-state index is 11.0. The average Bonchev–Trinajstić information content (AvgIpc) is 2.16. The molecule has 0 aliphatic rings. The van der Waals surface area contributed by atoms with E-state index in [1.54, 1.807) is 0 Å². The number of hydrogen-bond acceptors (Lipinski definition) is 4. The molecule has 0 aromatic carbocycles. The van der Waals surface area contributed by atoms with E-state index in [1.165, 1.54) is 0 Å². The lowest BCUT2D eigenvalue weighted by Crippen LogP contribution is -2.38. The summed E-state index contributed by atoms with van der Waals surface area (Å²) in [5, 5.41) is 5.15. The zero-order valence-corrected chi connectivity index (χ0v) is 8.84. The third-order valence-corrected chi connectivity index (χ3v) is 2.49. The number of nitrogens with one attached hydrogen (secondary N) is 2. The van der Waals surface area contributed by atoms with Crippen molar-refractivity contribution >= 4 is 21.7 Å². The van der Waals surface area contributed by atoms with E-state index in [1.807, 2.05) is 0 Å². The van der Waals surface area contributed by atoms with Crippen molar-refractivity contribution < 1.29 is 18.0 Å². The number of hydrogen-bond donors (Lipinski definition) is 2. The van der Waals surface area contributed by atoms with Crippen LogP contribution in [-0.4, -0.2) is 32.7 Å². The first kappa shape index (κ1) is 13.4.